The van der Waals surface area contributed by atoms with Crippen LogP contribution in [0, 0.1) is 0 Å². The third-order valence-corrected chi connectivity index (χ3v) is 2.81. The Hall–Kier alpha value is -2.82. The molecular formula is C15H14N2O3. The monoisotopic (exact) mass is 270 g/mol. The Morgan fingerprint density at radius 3 is 2.55 bits per heavy atom. The Labute approximate surface area is 116 Å². The van der Waals surface area contributed by atoms with Crippen molar-refractivity contribution in [2.45, 2.75) is 6.54 Å². The lowest BCUT2D eigenvalue weighted by molar-refractivity contribution is 0.0947. The number of hydrogen-bond donors (Lipinski definition) is 3. The van der Waals surface area contributed by atoms with Gasteiger partial charge < -0.3 is 16.2 Å². The molecule has 0 heterocycles. The number of benzene rings is 2. The van der Waals surface area contributed by atoms with Gasteiger partial charge in [-0.2, -0.15) is 0 Å². The lowest BCUT2D eigenvalue weighted by Gasteiger charge is -2.07. The molecular weight excluding hydrogens is 256 g/mol. The molecule has 102 valence electrons. The smallest absolute Gasteiger partial charge is 0.255 e. The molecule has 0 saturated carbocycles. The van der Waals surface area contributed by atoms with Crippen LogP contribution in [0.1, 0.15) is 26.3 Å². The van der Waals surface area contributed by atoms with Gasteiger partial charge in [0.2, 0.25) is 5.91 Å². The molecule has 2 amide bonds. The predicted molar refractivity (Wildman–Crippen MR) is 74.2 cm³/mol. The van der Waals surface area contributed by atoms with E-state index in [2.05, 4.69) is 5.32 Å². The van der Waals surface area contributed by atoms with Crippen molar-refractivity contribution in [2.75, 3.05) is 0 Å². The number of amides is 2. The van der Waals surface area contributed by atoms with Gasteiger partial charge in [0.25, 0.3) is 5.91 Å². The van der Waals surface area contributed by atoms with E-state index in [1.165, 1.54) is 12.1 Å². The second-order valence-electron chi connectivity index (χ2n) is 4.26. The minimum atomic E-state index is -0.515. The summed E-state index contributed by atoms with van der Waals surface area (Å²) in [5.41, 5.74) is 6.54. The van der Waals surface area contributed by atoms with E-state index in [1.54, 1.807) is 36.4 Å². The molecule has 0 aromatic heterocycles. The Morgan fingerprint density at radius 2 is 1.85 bits per heavy atom. The summed E-state index contributed by atoms with van der Waals surface area (Å²) in [6.07, 6.45) is 0. The SMILES string of the molecule is NC(=O)c1cccc(CNC(=O)c2ccccc2O)c1. The zero-order valence-electron chi connectivity index (χ0n) is 10.7. The molecule has 5 heteroatoms. The summed E-state index contributed by atoms with van der Waals surface area (Å²) in [5, 5.41) is 12.2. The number of carbonyl (C=O) groups is 2. The van der Waals surface area contributed by atoms with E-state index in [9.17, 15) is 14.7 Å². The van der Waals surface area contributed by atoms with Crippen molar-refractivity contribution >= 4 is 11.8 Å². The lowest BCUT2D eigenvalue weighted by Crippen LogP contribution is -2.23. The Bertz CT molecular complexity index is 653. The fourth-order valence-corrected chi connectivity index (χ4v) is 1.78. The molecule has 0 fully saturated rings. The van der Waals surface area contributed by atoms with Gasteiger partial charge in [0.05, 0.1) is 5.56 Å². The summed E-state index contributed by atoms with van der Waals surface area (Å²) >= 11 is 0. The molecule has 20 heavy (non-hydrogen) atoms. The molecule has 0 radical (unpaired) electrons. The molecule has 0 saturated heterocycles. The third kappa shape index (κ3) is 3.14. The number of para-hydroxylation sites is 1. The van der Waals surface area contributed by atoms with Gasteiger partial charge in [-0.1, -0.05) is 24.3 Å². The van der Waals surface area contributed by atoms with Crippen LogP contribution in [0.3, 0.4) is 0 Å². The molecule has 4 N–H and O–H groups in total. The van der Waals surface area contributed by atoms with Gasteiger partial charge in [-0.15, -0.1) is 0 Å². The quantitative estimate of drug-likeness (QED) is 0.784. The highest BCUT2D eigenvalue weighted by Crippen LogP contribution is 2.15. The van der Waals surface area contributed by atoms with E-state index in [1.807, 2.05) is 0 Å². The number of rotatable bonds is 4. The van der Waals surface area contributed by atoms with Gasteiger partial charge in [0, 0.05) is 12.1 Å². The summed E-state index contributed by atoms with van der Waals surface area (Å²) in [6.45, 7) is 0.244. The number of phenolic OH excluding ortho intramolecular Hbond substituents is 1. The first-order chi connectivity index (χ1) is 9.58. The van der Waals surface area contributed by atoms with Crippen LogP contribution in [-0.4, -0.2) is 16.9 Å². The first kappa shape index (κ1) is 13.6. The highest BCUT2D eigenvalue weighted by atomic mass is 16.3. The molecule has 2 aromatic carbocycles. The molecule has 0 bridgehead atoms. The average molecular weight is 270 g/mol. The fraction of sp³-hybridized carbons (Fsp3) is 0.0667. The molecule has 2 rings (SSSR count). The van der Waals surface area contributed by atoms with E-state index in [0.717, 1.165) is 5.56 Å². The van der Waals surface area contributed by atoms with Crippen molar-refractivity contribution in [3.63, 3.8) is 0 Å². The highest BCUT2D eigenvalue weighted by Gasteiger charge is 2.09. The fourth-order valence-electron chi connectivity index (χ4n) is 1.78. The van der Waals surface area contributed by atoms with Crippen molar-refractivity contribution in [3.05, 3.63) is 65.2 Å². The predicted octanol–water partition coefficient (Wildman–Crippen LogP) is 1.42. The average Bonchev–Trinajstić information content (AvgIpc) is 2.45. The van der Waals surface area contributed by atoms with Gasteiger partial charge in [-0.05, 0) is 29.8 Å². The van der Waals surface area contributed by atoms with Gasteiger partial charge in [0.15, 0.2) is 0 Å². The standard InChI is InChI=1S/C15H14N2O3/c16-14(19)11-5-3-4-10(8-11)9-17-15(20)12-6-1-2-7-13(12)18/h1-8,18H,9H2,(H2,16,19)(H,17,20). The Kier molecular flexibility index (Phi) is 4.00. The van der Waals surface area contributed by atoms with Gasteiger partial charge >= 0.3 is 0 Å². The minimum absolute atomic E-state index is 0.0733. The number of carbonyl (C=O) groups excluding carboxylic acids is 2. The zero-order valence-corrected chi connectivity index (χ0v) is 10.7. The molecule has 5 nitrogen and oxygen atoms in total. The van der Waals surface area contributed by atoms with Crippen LogP contribution in [0.5, 0.6) is 5.75 Å². The summed E-state index contributed by atoms with van der Waals surface area (Å²) in [5.74, 6) is -0.970. The van der Waals surface area contributed by atoms with E-state index in [-0.39, 0.29) is 23.8 Å². The maximum Gasteiger partial charge on any atom is 0.255 e. The van der Waals surface area contributed by atoms with Crippen LogP contribution in [0.4, 0.5) is 0 Å². The van der Waals surface area contributed by atoms with Crippen LogP contribution < -0.4 is 11.1 Å². The summed E-state index contributed by atoms with van der Waals surface area (Å²) < 4.78 is 0. The van der Waals surface area contributed by atoms with E-state index >= 15 is 0 Å². The number of aromatic hydroxyl groups is 1. The molecule has 0 spiro atoms. The van der Waals surface area contributed by atoms with Crippen molar-refractivity contribution in [2.24, 2.45) is 5.73 Å². The number of nitrogens with two attached hydrogens (primary N) is 1. The maximum atomic E-state index is 11.9. The van der Waals surface area contributed by atoms with Crippen LogP contribution >= 0.6 is 0 Å². The molecule has 0 aliphatic heterocycles. The van der Waals surface area contributed by atoms with Crippen molar-refractivity contribution in [3.8, 4) is 5.75 Å². The molecule has 2 aromatic rings. The minimum Gasteiger partial charge on any atom is -0.507 e. The van der Waals surface area contributed by atoms with Crippen LogP contribution in [0.15, 0.2) is 48.5 Å². The Balaban J connectivity index is 2.06. The molecule has 0 atom stereocenters. The van der Waals surface area contributed by atoms with Gasteiger partial charge in [-0.25, -0.2) is 0 Å². The van der Waals surface area contributed by atoms with Crippen LogP contribution in [0.25, 0.3) is 0 Å². The first-order valence-corrected chi connectivity index (χ1v) is 6.03. The van der Waals surface area contributed by atoms with E-state index in [4.69, 9.17) is 5.73 Å². The van der Waals surface area contributed by atoms with Crippen LogP contribution in [0.2, 0.25) is 0 Å². The van der Waals surface area contributed by atoms with E-state index in [0.29, 0.717) is 5.56 Å². The van der Waals surface area contributed by atoms with Gasteiger partial charge in [-0.3, -0.25) is 9.59 Å². The van der Waals surface area contributed by atoms with Crippen molar-refractivity contribution in [1.29, 1.82) is 0 Å². The van der Waals surface area contributed by atoms with Crippen molar-refractivity contribution in [1.82, 2.24) is 5.32 Å². The number of primary amides is 1. The second kappa shape index (κ2) is 5.88. The number of hydrogen-bond acceptors (Lipinski definition) is 3. The lowest BCUT2D eigenvalue weighted by atomic mass is 10.1. The van der Waals surface area contributed by atoms with Crippen molar-refractivity contribution < 1.29 is 14.7 Å². The summed E-state index contributed by atoms with van der Waals surface area (Å²) in [4.78, 5) is 23.0. The zero-order chi connectivity index (χ0) is 14.5. The summed E-state index contributed by atoms with van der Waals surface area (Å²) in [6, 6.07) is 13.0. The molecule has 0 aliphatic rings. The van der Waals surface area contributed by atoms with Crippen LogP contribution in [-0.2, 0) is 6.54 Å². The largest absolute Gasteiger partial charge is 0.507 e. The molecule has 0 aliphatic carbocycles. The summed E-state index contributed by atoms with van der Waals surface area (Å²) in [7, 11) is 0. The third-order valence-electron chi connectivity index (χ3n) is 2.81. The Morgan fingerprint density at radius 1 is 1.10 bits per heavy atom. The first-order valence-electron chi connectivity index (χ1n) is 6.03. The number of nitrogens with one attached hydrogen (secondary N) is 1. The van der Waals surface area contributed by atoms with Gasteiger partial charge in [0.1, 0.15) is 5.75 Å². The highest BCUT2D eigenvalue weighted by molar-refractivity contribution is 5.96. The second-order valence-corrected chi connectivity index (χ2v) is 4.26. The normalized spacial score (nSPS) is 10.0. The topological polar surface area (TPSA) is 92.4 Å². The number of phenols is 1. The molecule has 0 unspecified atom stereocenters. The van der Waals surface area contributed by atoms with E-state index < -0.39 is 5.91 Å². The maximum absolute atomic E-state index is 11.9.